The second-order valence-electron chi connectivity index (χ2n) is 4.57. The third kappa shape index (κ3) is 3.85. The Morgan fingerprint density at radius 2 is 2.24 bits per heavy atom. The Bertz CT molecular complexity index is 766. The molecule has 1 aromatic heterocycles. The minimum atomic E-state index is -1.15. The molecule has 0 fully saturated rings. The van der Waals surface area contributed by atoms with Crippen LogP contribution in [-0.2, 0) is 11.3 Å². The SMILES string of the molecule is Cc1cnc(=O)n(Cc2ccc(F)c(C=CC(=O)O)c2)c1. The van der Waals surface area contributed by atoms with Crippen molar-refractivity contribution >= 4 is 12.0 Å². The van der Waals surface area contributed by atoms with Gasteiger partial charge in [-0.3, -0.25) is 4.57 Å². The van der Waals surface area contributed by atoms with Crippen LogP contribution in [0.25, 0.3) is 6.08 Å². The molecular weight excluding hydrogens is 275 g/mol. The molecule has 0 atom stereocenters. The number of rotatable bonds is 4. The fourth-order valence-corrected chi connectivity index (χ4v) is 1.86. The Kier molecular flexibility index (Phi) is 4.27. The Balaban J connectivity index is 2.33. The van der Waals surface area contributed by atoms with Crippen molar-refractivity contribution in [3.63, 3.8) is 0 Å². The van der Waals surface area contributed by atoms with Crippen LogP contribution in [0.15, 0.2) is 41.5 Å². The molecule has 0 spiro atoms. The Labute approximate surface area is 120 Å². The lowest BCUT2D eigenvalue weighted by Gasteiger charge is -2.07. The number of nitrogens with zero attached hydrogens (tertiary/aromatic N) is 2. The van der Waals surface area contributed by atoms with E-state index in [4.69, 9.17) is 5.11 Å². The summed E-state index contributed by atoms with van der Waals surface area (Å²) in [6, 6.07) is 4.29. The van der Waals surface area contributed by atoms with Crippen LogP contribution in [0, 0.1) is 12.7 Å². The zero-order valence-corrected chi connectivity index (χ0v) is 11.3. The number of hydrogen-bond acceptors (Lipinski definition) is 3. The molecule has 0 aliphatic carbocycles. The summed E-state index contributed by atoms with van der Waals surface area (Å²) in [4.78, 5) is 25.8. The Morgan fingerprint density at radius 3 is 2.95 bits per heavy atom. The molecule has 2 aromatic rings. The van der Waals surface area contributed by atoms with Gasteiger partial charge in [0, 0.05) is 24.0 Å². The first kappa shape index (κ1) is 14.6. The number of aliphatic carboxylic acids is 1. The summed E-state index contributed by atoms with van der Waals surface area (Å²) in [5.74, 6) is -1.68. The Hall–Kier alpha value is -2.76. The lowest BCUT2D eigenvalue weighted by molar-refractivity contribution is -0.131. The summed E-state index contributed by atoms with van der Waals surface area (Å²) in [6.45, 7) is 2.05. The van der Waals surface area contributed by atoms with Crippen LogP contribution in [0.1, 0.15) is 16.7 Å². The number of aromatic nitrogens is 2. The summed E-state index contributed by atoms with van der Waals surface area (Å²) >= 11 is 0. The highest BCUT2D eigenvalue weighted by Gasteiger charge is 2.04. The van der Waals surface area contributed by atoms with Gasteiger partial charge in [-0.1, -0.05) is 6.07 Å². The van der Waals surface area contributed by atoms with Gasteiger partial charge in [0.25, 0.3) is 0 Å². The van der Waals surface area contributed by atoms with Crippen molar-refractivity contribution in [3.05, 3.63) is 69.7 Å². The number of halogens is 1. The van der Waals surface area contributed by atoms with Gasteiger partial charge in [-0.05, 0) is 36.3 Å². The Morgan fingerprint density at radius 1 is 1.48 bits per heavy atom. The number of carbonyl (C=O) groups is 1. The van der Waals surface area contributed by atoms with Crippen molar-refractivity contribution in [1.29, 1.82) is 0 Å². The molecule has 0 unspecified atom stereocenters. The third-order valence-corrected chi connectivity index (χ3v) is 2.80. The van der Waals surface area contributed by atoms with E-state index < -0.39 is 17.5 Å². The van der Waals surface area contributed by atoms with Gasteiger partial charge in [0.2, 0.25) is 0 Å². The predicted octanol–water partition coefficient (Wildman–Crippen LogP) is 1.84. The molecule has 0 amide bonds. The summed E-state index contributed by atoms with van der Waals surface area (Å²) in [6.07, 6.45) is 5.18. The van der Waals surface area contributed by atoms with Crippen LogP contribution >= 0.6 is 0 Å². The number of aryl methyl sites for hydroxylation is 1. The first-order valence-electron chi connectivity index (χ1n) is 6.18. The van der Waals surface area contributed by atoms with Crippen LogP contribution < -0.4 is 5.69 Å². The lowest BCUT2D eigenvalue weighted by atomic mass is 10.1. The molecule has 6 heteroatoms. The number of carboxylic acids is 1. The molecule has 0 saturated carbocycles. The van der Waals surface area contributed by atoms with Crippen molar-refractivity contribution in [1.82, 2.24) is 9.55 Å². The molecule has 0 radical (unpaired) electrons. The van der Waals surface area contributed by atoms with Gasteiger partial charge in [0.15, 0.2) is 0 Å². The summed E-state index contributed by atoms with van der Waals surface area (Å²) in [5, 5.41) is 8.57. The van der Waals surface area contributed by atoms with E-state index in [1.807, 2.05) is 6.92 Å². The van der Waals surface area contributed by atoms with Crippen molar-refractivity contribution in [2.24, 2.45) is 0 Å². The standard InChI is InChI=1S/C15H13FN2O3/c1-10-7-17-15(21)18(8-10)9-11-2-4-13(16)12(6-11)3-5-14(19)20/h2-8H,9H2,1H3,(H,19,20). The second-order valence-corrected chi connectivity index (χ2v) is 4.57. The van der Waals surface area contributed by atoms with Gasteiger partial charge in [0.05, 0.1) is 6.54 Å². The average Bonchev–Trinajstić information content (AvgIpc) is 2.43. The minimum absolute atomic E-state index is 0.156. The van der Waals surface area contributed by atoms with E-state index in [0.29, 0.717) is 5.56 Å². The normalized spacial score (nSPS) is 11.0. The molecule has 5 nitrogen and oxygen atoms in total. The van der Waals surface area contributed by atoms with Crippen LogP contribution in [0.4, 0.5) is 4.39 Å². The van der Waals surface area contributed by atoms with Gasteiger partial charge in [-0.15, -0.1) is 0 Å². The minimum Gasteiger partial charge on any atom is -0.478 e. The molecular formula is C15H13FN2O3. The molecule has 0 aliphatic rings. The molecule has 1 aromatic carbocycles. The molecule has 2 rings (SSSR count). The predicted molar refractivity (Wildman–Crippen MR) is 75.4 cm³/mol. The maximum absolute atomic E-state index is 13.6. The van der Waals surface area contributed by atoms with Crippen LogP contribution in [-0.4, -0.2) is 20.6 Å². The fourth-order valence-electron chi connectivity index (χ4n) is 1.86. The van der Waals surface area contributed by atoms with E-state index in [-0.39, 0.29) is 12.1 Å². The molecule has 1 heterocycles. The average molecular weight is 288 g/mol. The highest BCUT2D eigenvalue weighted by molar-refractivity contribution is 5.85. The molecule has 21 heavy (non-hydrogen) atoms. The maximum atomic E-state index is 13.6. The zero-order chi connectivity index (χ0) is 15.4. The van der Waals surface area contributed by atoms with E-state index in [1.165, 1.54) is 29.0 Å². The van der Waals surface area contributed by atoms with Gasteiger partial charge in [-0.2, -0.15) is 0 Å². The number of benzene rings is 1. The van der Waals surface area contributed by atoms with Crippen LogP contribution in [0.3, 0.4) is 0 Å². The second kappa shape index (κ2) is 6.13. The van der Waals surface area contributed by atoms with Crippen LogP contribution in [0.2, 0.25) is 0 Å². The summed E-state index contributed by atoms with van der Waals surface area (Å²) in [5.41, 5.74) is 1.27. The quantitative estimate of drug-likeness (QED) is 0.871. The molecule has 0 saturated heterocycles. The largest absolute Gasteiger partial charge is 0.478 e. The third-order valence-electron chi connectivity index (χ3n) is 2.80. The summed E-state index contributed by atoms with van der Waals surface area (Å²) in [7, 11) is 0. The van der Waals surface area contributed by atoms with Gasteiger partial charge >= 0.3 is 11.7 Å². The topological polar surface area (TPSA) is 72.2 Å². The maximum Gasteiger partial charge on any atom is 0.347 e. The fraction of sp³-hybridized carbons (Fsp3) is 0.133. The van der Waals surface area contributed by atoms with Gasteiger partial charge in [0.1, 0.15) is 5.82 Å². The highest BCUT2D eigenvalue weighted by Crippen LogP contribution is 2.13. The molecule has 0 bridgehead atoms. The summed E-state index contributed by atoms with van der Waals surface area (Å²) < 4.78 is 15.0. The number of hydrogen-bond donors (Lipinski definition) is 1. The van der Waals surface area contributed by atoms with Crippen molar-refractivity contribution in [2.75, 3.05) is 0 Å². The monoisotopic (exact) mass is 288 g/mol. The van der Waals surface area contributed by atoms with E-state index in [1.54, 1.807) is 12.3 Å². The van der Waals surface area contributed by atoms with Crippen molar-refractivity contribution in [2.45, 2.75) is 13.5 Å². The van der Waals surface area contributed by atoms with E-state index in [0.717, 1.165) is 11.6 Å². The van der Waals surface area contributed by atoms with E-state index >= 15 is 0 Å². The van der Waals surface area contributed by atoms with Crippen molar-refractivity contribution in [3.8, 4) is 0 Å². The van der Waals surface area contributed by atoms with Gasteiger partial charge in [-0.25, -0.2) is 19.0 Å². The number of carboxylic acid groups (broad SMARTS) is 1. The molecule has 1 N–H and O–H groups in total. The van der Waals surface area contributed by atoms with E-state index in [9.17, 15) is 14.0 Å². The first-order valence-corrected chi connectivity index (χ1v) is 6.18. The van der Waals surface area contributed by atoms with Gasteiger partial charge < -0.3 is 5.11 Å². The van der Waals surface area contributed by atoms with E-state index in [2.05, 4.69) is 4.98 Å². The smallest absolute Gasteiger partial charge is 0.347 e. The van der Waals surface area contributed by atoms with Crippen molar-refractivity contribution < 1.29 is 14.3 Å². The highest BCUT2D eigenvalue weighted by atomic mass is 19.1. The molecule has 108 valence electrons. The lowest BCUT2D eigenvalue weighted by Crippen LogP contribution is -2.22. The first-order chi connectivity index (χ1) is 9.95. The molecule has 0 aliphatic heterocycles. The van der Waals surface area contributed by atoms with Crippen LogP contribution in [0.5, 0.6) is 0 Å². The zero-order valence-electron chi connectivity index (χ0n) is 11.3.